The fraction of sp³-hybridized carbons (Fsp3) is 0.375. The standard InChI is InChI=1S/C16H17FIN4O4P/c1-26-14-6-10(11(17)8-19-14)13-7-12(20-22(13)27-18)15(23)21-4-2-9(3-5-21)16(24)25/h6-9,27H,2-5H2,1H3,(H,24,25). The molecule has 1 saturated heterocycles. The number of hydrogen-bond donors (Lipinski definition) is 1. The van der Waals surface area contributed by atoms with Crippen LogP contribution in [0.2, 0.25) is 0 Å². The van der Waals surface area contributed by atoms with E-state index >= 15 is 0 Å². The van der Waals surface area contributed by atoms with Crippen molar-refractivity contribution in [3.63, 3.8) is 0 Å². The van der Waals surface area contributed by atoms with Crippen molar-refractivity contribution in [3.05, 3.63) is 29.8 Å². The summed E-state index contributed by atoms with van der Waals surface area (Å²) in [5.74, 6) is -1.80. The quantitative estimate of drug-likeness (QED) is 0.495. The topological polar surface area (TPSA) is 97.5 Å². The Bertz CT molecular complexity index is 870. The molecule has 144 valence electrons. The van der Waals surface area contributed by atoms with Gasteiger partial charge in [0.25, 0.3) is 5.91 Å². The lowest BCUT2D eigenvalue weighted by molar-refractivity contribution is -0.143. The van der Waals surface area contributed by atoms with E-state index in [1.807, 2.05) is 0 Å². The lowest BCUT2D eigenvalue weighted by Crippen LogP contribution is -2.40. The van der Waals surface area contributed by atoms with Gasteiger partial charge in [0.15, 0.2) is 11.5 Å². The summed E-state index contributed by atoms with van der Waals surface area (Å²) in [5, 5.41) is 13.4. The average molecular weight is 506 g/mol. The molecule has 0 saturated carbocycles. The predicted molar refractivity (Wildman–Crippen MR) is 106 cm³/mol. The van der Waals surface area contributed by atoms with Crippen LogP contribution in [0, 0.1) is 11.7 Å². The Kier molecular flexibility index (Phi) is 6.25. The molecule has 2 aromatic rings. The molecule has 1 fully saturated rings. The maximum atomic E-state index is 14.3. The largest absolute Gasteiger partial charge is 0.481 e. The molecule has 0 radical (unpaired) electrons. The van der Waals surface area contributed by atoms with Gasteiger partial charge in [0.1, 0.15) is 0 Å². The number of halogens is 2. The number of methoxy groups -OCH3 is 1. The molecule has 1 aliphatic heterocycles. The van der Waals surface area contributed by atoms with E-state index < -0.39 is 17.7 Å². The SMILES string of the molecule is COc1cc(-c2cc(C(=O)N3CCC(C(=O)O)CC3)nn2PI)c(F)cn1. The van der Waals surface area contributed by atoms with E-state index in [4.69, 9.17) is 9.84 Å². The number of likely N-dealkylation sites (tertiary alicyclic amines) is 1. The first-order valence-electron chi connectivity index (χ1n) is 8.13. The number of carboxylic acids is 1. The number of rotatable bonds is 5. The van der Waals surface area contributed by atoms with Crippen LogP contribution in [0.3, 0.4) is 0 Å². The molecule has 1 unspecified atom stereocenters. The third kappa shape index (κ3) is 4.21. The molecule has 1 atom stereocenters. The Morgan fingerprint density at radius 2 is 2.07 bits per heavy atom. The van der Waals surface area contributed by atoms with Crippen LogP contribution in [0.1, 0.15) is 23.3 Å². The van der Waals surface area contributed by atoms with E-state index in [-0.39, 0.29) is 29.4 Å². The molecule has 3 heterocycles. The number of nitrogens with zero attached hydrogens (tertiary/aromatic N) is 4. The van der Waals surface area contributed by atoms with Gasteiger partial charge < -0.3 is 14.7 Å². The Morgan fingerprint density at radius 3 is 2.67 bits per heavy atom. The number of aromatic nitrogens is 3. The van der Waals surface area contributed by atoms with Gasteiger partial charge in [-0.2, -0.15) is 5.10 Å². The molecule has 2 aromatic heterocycles. The monoisotopic (exact) mass is 506 g/mol. The second-order valence-corrected chi connectivity index (χ2v) is 8.06. The minimum absolute atomic E-state index is 0.163. The Morgan fingerprint density at radius 1 is 1.37 bits per heavy atom. The molecular formula is C16H17FIN4O4P. The highest BCUT2D eigenvalue weighted by Crippen LogP contribution is 2.34. The van der Waals surface area contributed by atoms with Gasteiger partial charge in [0, 0.05) is 24.7 Å². The smallest absolute Gasteiger partial charge is 0.306 e. The zero-order chi connectivity index (χ0) is 19.6. The molecule has 8 nitrogen and oxygen atoms in total. The number of pyridine rings is 1. The molecule has 0 spiro atoms. The highest BCUT2D eigenvalue weighted by molar-refractivity contribution is 14.2. The van der Waals surface area contributed by atoms with Crippen molar-refractivity contribution in [1.29, 1.82) is 0 Å². The van der Waals surface area contributed by atoms with Crippen molar-refractivity contribution in [2.75, 3.05) is 20.2 Å². The first-order chi connectivity index (χ1) is 12.9. The highest BCUT2D eigenvalue weighted by atomic mass is 127. The summed E-state index contributed by atoms with van der Waals surface area (Å²) in [6.07, 6.45) is 2.06. The molecule has 0 aromatic carbocycles. The van der Waals surface area contributed by atoms with Gasteiger partial charge in [-0.1, -0.05) is 0 Å². The lowest BCUT2D eigenvalue weighted by Gasteiger charge is -2.29. The fourth-order valence-electron chi connectivity index (χ4n) is 2.96. The summed E-state index contributed by atoms with van der Waals surface area (Å²) in [7, 11) is 1.44. The highest BCUT2D eigenvalue weighted by Gasteiger charge is 2.29. The van der Waals surface area contributed by atoms with Crippen LogP contribution in [0.25, 0.3) is 11.3 Å². The maximum Gasteiger partial charge on any atom is 0.306 e. The van der Waals surface area contributed by atoms with Gasteiger partial charge in [-0.3, -0.25) is 9.59 Å². The van der Waals surface area contributed by atoms with E-state index in [1.54, 1.807) is 15.4 Å². The normalized spacial score (nSPS) is 15.4. The summed E-state index contributed by atoms with van der Waals surface area (Å²) >= 11 is 2.11. The maximum absolute atomic E-state index is 14.3. The Balaban J connectivity index is 1.87. The van der Waals surface area contributed by atoms with Gasteiger partial charge in [-0.05, 0) is 40.9 Å². The molecular weight excluding hydrogens is 489 g/mol. The van der Waals surface area contributed by atoms with Gasteiger partial charge >= 0.3 is 5.97 Å². The van der Waals surface area contributed by atoms with E-state index in [2.05, 4.69) is 32.1 Å². The first kappa shape index (κ1) is 19.9. The number of hydrogen-bond acceptors (Lipinski definition) is 5. The Hall–Kier alpha value is -1.81. The third-order valence-corrected chi connectivity index (χ3v) is 6.33. The zero-order valence-corrected chi connectivity index (χ0v) is 17.5. The van der Waals surface area contributed by atoms with Gasteiger partial charge in [-0.25, -0.2) is 13.8 Å². The van der Waals surface area contributed by atoms with E-state index in [0.717, 1.165) is 6.20 Å². The van der Waals surface area contributed by atoms with Crippen LogP contribution in [0.15, 0.2) is 18.3 Å². The van der Waals surface area contributed by atoms with E-state index in [1.165, 1.54) is 13.2 Å². The molecule has 0 bridgehead atoms. The van der Waals surface area contributed by atoms with Gasteiger partial charge in [0.05, 0.1) is 31.3 Å². The number of carboxylic acid groups (broad SMARTS) is 1. The number of aliphatic carboxylic acids is 1. The van der Waals surface area contributed by atoms with Crippen molar-refractivity contribution < 1.29 is 23.8 Å². The van der Waals surface area contributed by atoms with Crippen LogP contribution >= 0.6 is 28.4 Å². The lowest BCUT2D eigenvalue weighted by atomic mass is 9.97. The molecule has 3 rings (SSSR count). The van der Waals surface area contributed by atoms with Crippen molar-refractivity contribution >= 4 is 40.3 Å². The number of piperidine rings is 1. The minimum atomic E-state index is -0.832. The van der Waals surface area contributed by atoms with Crippen LogP contribution in [0.5, 0.6) is 5.88 Å². The minimum Gasteiger partial charge on any atom is -0.481 e. The van der Waals surface area contributed by atoms with Crippen molar-refractivity contribution in [2.24, 2.45) is 5.92 Å². The van der Waals surface area contributed by atoms with Crippen LogP contribution in [0.4, 0.5) is 4.39 Å². The second kappa shape index (κ2) is 8.47. The summed E-state index contributed by atoms with van der Waals surface area (Å²) in [6.45, 7) is 0.726. The number of carbonyl (C=O) groups excluding carboxylic acids is 1. The van der Waals surface area contributed by atoms with Crippen molar-refractivity contribution in [3.8, 4) is 17.1 Å². The van der Waals surface area contributed by atoms with Crippen molar-refractivity contribution in [1.82, 2.24) is 19.4 Å². The summed E-state index contributed by atoms with van der Waals surface area (Å²) < 4.78 is 20.9. The summed E-state index contributed by atoms with van der Waals surface area (Å²) in [4.78, 5) is 29.2. The van der Waals surface area contributed by atoms with Crippen LogP contribution < -0.4 is 4.74 Å². The molecule has 1 aliphatic rings. The molecule has 1 amide bonds. The van der Waals surface area contributed by atoms with E-state index in [0.29, 0.717) is 31.6 Å². The molecule has 27 heavy (non-hydrogen) atoms. The third-order valence-electron chi connectivity index (χ3n) is 4.46. The van der Waals surface area contributed by atoms with Crippen molar-refractivity contribution in [2.45, 2.75) is 12.8 Å². The number of amides is 1. The fourth-order valence-corrected chi connectivity index (χ4v) is 4.49. The predicted octanol–water partition coefficient (Wildman–Crippen LogP) is 2.82. The van der Waals surface area contributed by atoms with Crippen LogP contribution in [-0.4, -0.2) is 56.6 Å². The average Bonchev–Trinajstić information content (AvgIpc) is 3.12. The zero-order valence-electron chi connectivity index (χ0n) is 14.4. The van der Waals surface area contributed by atoms with Gasteiger partial charge in [0.2, 0.25) is 5.88 Å². The molecule has 1 N–H and O–H groups in total. The molecule has 11 heteroatoms. The molecule has 0 aliphatic carbocycles. The van der Waals surface area contributed by atoms with E-state index in [9.17, 15) is 14.0 Å². The number of ether oxygens (including phenoxy) is 1. The summed E-state index contributed by atoms with van der Waals surface area (Å²) in [5.41, 5.74) is 0.921. The number of carbonyl (C=O) groups is 2. The Labute approximate surface area is 169 Å². The van der Waals surface area contributed by atoms with Crippen LogP contribution in [-0.2, 0) is 4.79 Å². The second-order valence-electron chi connectivity index (χ2n) is 6.02. The summed E-state index contributed by atoms with van der Waals surface area (Å²) in [6, 6.07) is 3.02. The first-order valence-corrected chi connectivity index (χ1v) is 12.2. The van der Waals surface area contributed by atoms with Gasteiger partial charge in [-0.15, -0.1) is 0 Å².